The largest absolute Gasteiger partial charge is 0.465 e. The predicted octanol–water partition coefficient (Wildman–Crippen LogP) is 1.71. The molecule has 102 valence electrons. The molecule has 0 atom stereocenters. The fourth-order valence-electron chi connectivity index (χ4n) is 1.47. The molecule has 1 aromatic rings. The second kappa shape index (κ2) is 6.76. The third-order valence-corrected chi connectivity index (χ3v) is 2.71. The van der Waals surface area contributed by atoms with E-state index >= 15 is 0 Å². The summed E-state index contributed by atoms with van der Waals surface area (Å²) in [6.07, 6.45) is 3.45. The van der Waals surface area contributed by atoms with E-state index in [1.807, 2.05) is 19.9 Å². The summed E-state index contributed by atoms with van der Waals surface area (Å²) in [7, 11) is 0. The summed E-state index contributed by atoms with van der Waals surface area (Å²) in [5.41, 5.74) is -0.218. The molecule has 0 aliphatic rings. The normalized spacial score (nSPS) is 12.0. The van der Waals surface area contributed by atoms with E-state index in [1.165, 1.54) is 12.3 Å². The van der Waals surface area contributed by atoms with Gasteiger partial charge in [0.25, 0.3) is 5.91 Å². The second-order valence-electron chi connectivity index (χ2n) is 5.01. The van der Waals surface area contributed by atoms with Gasteiger partial charge in [-0.25, -0.2) is 0 Å². The Morgan fingerprint density at radius 1 is 1.63 bits per heavy atom. The van der Waals surface area contributed by atoms with E-state index in [0.717, 1.165) is 0 Å². The number of nitrogens with zero attached hydrogens (tertiary/aromatic N) is 1. The van der Waals surface area contributed by atoms with Gasteiger partial charge in [0.15, 0.2) is 0 Å². The molecule has 1 aromatic heterocycles. The molecule has 0 bridgehead atoms. The molecule has 1 rings (SSSR count). The quantitative estimate of drug-likeness (QED) is 0.603. The van der Waals surface area contributed by atoms with Gasteiger partial charge in [0.1, 0.15) is 17.4 Å². The standard InChI is InChI=1S/C14H18N2O3/c1-14(2,5-6-17)10-16-13(18)11(9-15)8-12-4-3-7-19-12/h3-4,7-8,17H,5-6,10H2,1-2H3,(H,16,18)/b11-8+. The van der Waals surface area contributed by atoms with Crippen LogP contribution in [0, 0.1) is 16.7 Å². The van der Waals surface area contributed by atoms with Gasteiger partial charge in [-0.05, 0) is 24.0 Å². The minimum atomic E-state index is -0.440. The zero-order valence-corrected chi connectivity index (χ0v) is 11.1. The van der Waals surface area contributed by atoms with Crippen molar-refractivity contribution in [2.75, 3.05) is 13.2 Å². The number of nitrogens with one attached hydrogen (secondary N) is 1. The van der Waals surface area contributed by atoms with Gasteiger partial charge < -0.3 is 14.8 Å². The van der Waals surface area contributed by atoms with Gasteiger partial charge in [0, 0.05) is 19.2 Å². The fourth-order valence-corrected chi connectivity index (χ4v) is 1.47. The Hall–Kier alpha value is -2.06. The zero-order valence-electron chi connectivity index (χ0n) is 11.1. The van der Waals surface area contributed by atoms with Gasteiger partial charge >= 0.3 is 0 Å². The van der Waals surface area contributed by atoms with Crippen LogP contribution >= 0.6 is 0 Å². The number of hydrogen-bond donors (Lipinski definition) is 2. The molecule has 0 saturated carbocycles. The summed E-state index contributed by atoms with van der Waals surface area (Å²) in [6.45, 7) is 4.33. The van der Waals surface area contributed by atoms with E-state index in [0.29, 0.717) is 18.7 Å². The average molecular weight is 262 g/mol. The van der Waals surface area contributed by atoms with Crippen LogP contribution in [-0.4, -0.2) is 24.2 Å². The van der Waals surface area contributed by atoms with Crippen LogP contribution in [-0.2, 0) is 4.79 Å². The Bertz CT molecular complexity index is 481. The van der Waals surface area contributed by atoms with Crippen LogP contribution < -0.4 is 5.32 Å². The van der Waals surface area contributed by atoms with Gasteiger partial charge in [0.05, 0.1) is 6.26 Å². The highest BCUT2D eigenvalue weighted by Crippen LogP contribution is 2.18. The van der Waals surface area contributed by atoms with Crippen molar-refractivity contribution in [2.24, 2.45) is 5.41 Å². The summed E-state index contributed by atoms with van der Waals surface area (Å²) < 4.78 is 5.06. The van der Waals surface area contributed by atoms with Crippen LogP contribution in [0.15, 0.2) is 28.4 Å². The number of amides is 1. The van der Waals surface area contributed by atoms with E-state index in [9.17, 15) is 4.79 Å². The second-order valence-corrected chi connectivity index (χ2v) is 5.01. The van der Waals surface area contributed by atoms with E-state index in [4.69, 9.17) is 14.8 Å². The SMILES string of the molecule is CC(C)(CCO)CNC(=O)/C(C#N)=C/c1ccco1. The Labute approximate surface area is 112 Å². The molecule has 5 heteroatoms. The van der Waals surface area contributed by atoms with Crippen LogP contribution in [0.3, 0.4) is 0 Å². The third-order valence-electron chi connectivity index (χ3n) is 2.71. The van der Waals surface area contributed by atoms with E-state index < -0.39 is 5.91 Å². The first kappa shape index (κ1) is 15.0. The molecule has 1 amide bonds. The highest BCUT2D eigenvalue weighted by atomic mass is 16.3. The van der Waals surface area contributed by atoms with Crippen molar-refractivity contribution >= 4 is 12.0 Å². The molecule has 0 saturated heterocycles. The smallest absolute Gasteiger partial charge is 0.262 e. The molecule has 0 spiro atoms. The number of hydrogen-bond acceptors (Lipinski definition) is 4. The van der Waals surface area contributed by atoms with Crippen molar-refractivity contribution in [3.05, 3.63) is 29.7 Å². The first-order chi connectivity index (χ1) is 8.98. The fraction of sp³-hybridized carbons (Fsp3) is 0.429. The van der Waals surface area contributed by atoms with Crippen LogP contribution in [0.1, 0.15) is 26.0 Å². The summed E-state index contributed by atoms with van der Waals surface area (Å²) in [5.74, 6) is 0.0197. The van der Waals surface area contributed by atoms with Crippen molar-refractivity contribution in [1.29, 1.82) is 5.26 Å². The third kappa shape index (κ3) is 4.98. The first-order valence-corrected chi connectivity index (χ1v) is 6.03. The highest BCUT2D eigenvalue weighted by Gasteiger charge is 2.19. The van der Waals surface area contributed by atoms with Crippen molar-refractivity contribution in [3.8, 4) is 6.07 Å². The first-order valence-electron chi connectivity index (χ1n) is 6.03. The Balaban J connectivity index is 2.64. The molecule has 1 heterocycles. The molecule has 0 fully saturated rings. The molecular weight excluding hydrogens is 244 g/mol. The summed E-state index contributed by atoms with van der Waals surface area (Å²) in [4.78, 5) is 11.8. The van der Waals surface area contributed by atoms with E-state index in [1.54, 1.807) is 12.1 Å². The number of aliphatic hydroxyl groups is 1. The predicted molar refractivity (Wildman–Crippen MR) is 70.8 cm³/mol. The lowest BCUT2D eigenvalue weighted by Gasteiger charge is -2.23. The van der Waals surface area contributed by atoms with Gasteiger partial charge in [-0.15, -0.1) is 0 Å². The van der Waals surface area contributed by atoms with Crippen LogP contribution in [0.4, 0.5) is 0 Å². The van der Waals surface area contributed by atoms with E-state index in [-0.39, 0.29) is 17.6 Å². The molecule has 0 aromatic carbocycles. The zero-order chi connectivity index (χ0) is 14.3. The molecule has 0 radical (unpaired) electrons. The number of carbonyl (C=O) groups excluding carboxylic acids is 1. The van der Waals surface area contributed by atoms with Gasteiger partial charge in [-0.3, -0.25) is 4.79 Å². The van der Waals surface area contributed by atoms with Gasteiger partial charge in [0.2, 0.25) is 0 Å². The minimum Gasteiger partial charge on any atom is -0.465 e. The Kier molecular flexibility index (Phi) is 5.34. The number of aliphatic hydroxyl groups excluding tert-OH is 1. The highest BCUT2D eigenvalue weighted by molar-refractivity contribution is 6.01. The number of furan rings is 1. The molecule has 0 aliphatic heterocycles. The van der Waals surface area contributed by atoms with Crippen molar-refractivity contribution in [2.45, 2.75) is 20.3 Å². The Morgan fingerprint density at radius 3 is 2.89 bits per heavy atom. The monoisotopic (exact) mass is 262 g/mol. The van der Waals surface area contributed by atoms with Gasteiger partial charge in [-0.1, -0.05) is 13.8 Å². The van der Waals surface area contributed by atoms with Crippen molar-refractivity contribution in [3.63, 3.8) is 0 Å². The van der Waals surface area contributed by atoms with Crippen LogP contribution in [0.25, 0.3) is 6.08 Å². The summed E-state index contributed by atoms with van der Waals surface area (Å²) in [6, 6.07) is 5.20. The van der Waals surface area contributed by atoms with Crippen molar-refractivity contribution < 1.29 is 14.3 Å². The lowest BCUT2D eigenvalue weighted by atomic mass is 9.89. The lowest BCUT2D eigenvalue weighted by molar-refractivity contribution is -0.117. The number of rotatable bonds is 6. The summed E-state index contributed by atoms with van der Waals surface area (Å²) >= 11 is 0. The number of nitriles is 1. The molecule has 19 heavy (non-hydrogen) atoms. The maximum absolute atomic E-state index is 11.8. The lowest BCUT2D eigenvalue weighted by Crippen LogP contribution is -2.35. The minimum absolute atomic E-state index is 0.00486. The Morgan fingerprint density at radius 2 is 2.37 bits per heavy atom. The molecule has 5 nitrogen and oxygen atoms in total. The molecule has 0 unspecified atom stereocenters. The molecular formula is C14H18N2O3. The maximum atomic E-state index is 11.8. The van der Waals surface area contributed by atoms with E-state index in [2.05, 4.69) is 5.32 Å². The van der Waals surface area contributed by atoms with Crippen molar-refractivity contribution in [1.82, 2.24) is 5.32 Å². The van der Waals surface area contributed by atoms with Crippen LogP contribution in [0.5, 0.6) is 0 Å². The van der Waals surface area contributed by atoms with Gasteiger partial charge in [-0.2, -0.15) is 5.26 Å². The summed E-state index contributed by atoms with van der Waals surface area (Å²) in [5, 5.41) is 20.6. The number of carbonyl (C=O) groups is 1. The van der Waals surface area contributed by atoms with Crippen LogP contribution in [0.2, 0.25) is 0 Å². The molecule has 0 aliphatic carbocycles. The maximum Gasteiger partial charge on any atom is 0.262 e. The average Bonchev–Trinajstić information content (AvgIpc) is 2.86. The topological polar surface area (TPSA) is 86.3 Å². The molecule has 2 N–H and O–H groups in total.